The molecule has 0 heterocycles. The summed E-state index contributed by atoms with van der Waals surface area (Å²) < 4.78 is 13.5. The molecule has 0 radical (unpaired) electrons. The molecule has 0 aromatic heterocycles. The molecule has 2 nitrogen and oxygen atoms in total. The molecular formula is C24H32FNO. The zero-order chi connectivity index (χ0) is 19.3. The van der Waals surface area contributed by atoms with Gasteiger partial charge in [0.25, 0.3) is 0 Å². The van der Waals surface area contributed by atoms with Gasteiger partial charge in [-0.3, -0.25) is 0 Å². The van der Waals surface area contributed by atoms with Crippen LogP contribution < -0.4 is 0 Å². The fraction of sp³-hybridized carbons (Fsp3) is 0.500. The van der Waals surface area contributed by atoms with Gasteiger partial charge < -0.3 is 10.0 Å². The molecular weight excluding hydrogens is 337 g/mol. The Kier molecular flexibility index (Phi) is 6.67. The van der Waals surface area contributed by atoms with Crippen LogP contribution in [0.15, 0.2) is 48.5 Å². The van der Waals surface area contributed by atoms with E-state index < -0.39 is 5.60 Å². The summed E-state index contributed by atoms with van der Waals surface area (Å²) >= 11 is 0. The second-order valence-corrected chi connectivity index (χ2v) is 7.71. The Balaban J connectivity index is 1.94. The summed E-state index contributed by atoms with van der Waals surface area (Å²) in [7, 11) is 0. The van der Waals surface area contributed by atoms with Gasteiger partial charge in [0.1, 0.15) is 5.82 Å². The van der Waals surface area contributed by atoms with Crippen molar-refractivity contribution in [3.63, 3.8) is 0 Å². The van der Waals surface area contributed by atoms with E-state index in [0.29, 0.717) is 0 Å². The molecule has 0 amide bonds. The molecule has 1 N–H and O–H groups in total. The summed E-state index contributed by atoms with van der Waals surface area (Å²) in [6.45, 7) is 7.42. The van der Waals surface area contributed by atoms with E-state index in [2.05, 4.69) is 36.9 Å². The summed E-state index contributed by atoms with van der Waals surface area (Å²) in [5.41, 5.74) is 2.46. The van der Waals surface area contributed by atoms with Crippen molar-refractivity contribution in [3.8, 4) is 0 Å². The molecule has 0 saturated carbocycles. The summed E-state index contributed by atoms with van der Waals surface area (Å²) in [5.74, 6) is -0.226. The summed E-state index contributed by atoms with van der Waals surface area (Å²) in [6.07, 6.45) is 4.62. The van der Waals surface area contributed by atoms with E-state index in [1.54, 1.807) is 0 Å². The van der Waals surface area contributed by atoms with E-state index >= 15 is 0 Å². The number of hydrogen-bond acceptors (Lipinski definition) is 2. The lowest BCUT2D eigenvalue weighted by molar-refractivity contribution is -0.00672. The van der Waals surface area contributed by atoms with Crippen LogP contribution in [0.1, 0.15) is 62.1 Å². The van der Waals surface area contributed by atoms with Crippen LogP contribution in [0.5, 0.6) is 0 Å². The first-order valence-electron chi connectivity index (χ1n) is 10.4. The number of rotatable bonds is 7. The maximum Gasteiger partial charge on any atom is 0.123 e. The highest BCUT2D eigenvalue weighted by atomic mass is 19.1. The Bertz CT molecular complexity index is 725. The third-order valence-corrected chi connectivity index (χ3v) is 6.20. The first-order valence-corrected chi connectivity index (χ1v) is 10.4. The van der Waals surface area contributed by atoms with Crippen molar-refractivity contribution in [2.75, 3.05) is 19.6 Å². The fourth-order valence-corrected chi connectivity index (χ4v) is 4.64. The molecule has 0 fully saturated rings. The molecule has 1 aliphatic rings. The van der Waals surface area contributed by atoms with Crippen LogP contribution >= 0.6 is 0 Å². The Morgan fingerprint density at radius 1 is 1.07 bits per heavy atom. The first-order chi connectivity index (χ1) is 13.1. The monoisotopic (exact) mass is 369 g/mol. The van der Waals surface area contributed by atoms with Crippen LogP contribution in [0.2, 0.25) is 0 Å². The standard InChI is InChI=1S/C24H32FNO/c1-3-26(4-2)18-8-17-24(27)22-11-6-5-9-19(22)10-7-12-23(24)20-13-15-21(25)16-14-20/h5-6,9,11,13-16,23,27H,3-4,7-8,10,12,17-18H2,1-2H3/t23-,24-/m0/s1. The lowest BCUT2D eigenvalue weighted by Crippen LogP contribution is -2.35. The van der Waals surface area contributed by atoms with E-state index in [1.165, 1.54) is 17.7 Å². The lowest BCUT2D eigenvalue weighted by Gasteiger charge is -2.37. The number of halogens is 1. The SMILES string of the molecule is CCN(CC)CCC[C@]1(O)c2ccccc2CCC[C@H]1c1ccc(F)cc1. The van der Waals surface area contributed by atoms with E-state index in [4.69, 9.17) is 0 Å². The molecule has 146 valence electrons. The Morgan fingerprint density at radius 2 is 1.78 bits per heavy atom. The third-order valence-electron chi connectivity index (χ3n) is 6.20. The minimum absolute atomic E-state index is 0.00143. The van der Waals surface area contributed by atoms with Gasteiger partial charge in [0.05, 0.1) is 5.60 Å². The van der Waals surface area contributed by atoms with Crippen LogP contribution in [-0.4, -0.2) is 29.6 Å². The third kappa shape index (κ3) is 4.41. The highest BCUT2D eigenvalue weighted by molar-refractivity contribution is 5.38. The van der Waals surface area contributed by atoms with E-state index in [-0.39, 0.29) is 11.7 Å². The second kappa shape index (κ2) is 8.99. The number of benzene rings is 2. The molecule has 27 heavy (non-hydrogen) atoms. The number of aryl methyl sites for hydroxylation is 1. The van der Waals surface area contributed by atoms with Gasteiger partial charge in [0.2, 0.25) is 0 Å². The quantitative estimate of drug-likeness (QED) is 0.673. The van der Waals surface area contributed by atoms with Crippen LogP contribution in [0.25, 0.3) is 0 Å². The average Bonchev–Trinajstić information content (AvgIpc) is 2.83. The average molecular weight is 370 g/mol. The van der Waals surface area contributed by atoms with Crippen molar-refractivity contribution in [1.82, 2.24) is 4.90 Å². The minimum Gasteiger partial charge on any atom is -0.385 e. The molecule has 2 aromatic rings. The van der Waals surface area contributed by atoms with Crippen molar-refractivity contribution in [1.29, 1.82) is 0 Å². The zero-order valence-electron chi connectivity index (χ0n) is 16.6. The Labute approximate surface area is 163 Å². The molecule has 3 rings (SSSR count). The van der Waals surface area contributed by atoms with Crippen LogP contribution in [-0.2, 0) is 12.0 Å². The van der Waals surface area contributed by atoms with Gasteiger partial charge in [-0.2, -0.15) is 0 Å². The lowest BCUT2D eigenvalue weighted by atomic mass is 9.73. The summed E-state index contributed by atoms with van der Waals surface area (Å²) in [4.78, 5) is 2.40. The number of hydrogen-bond donors (Lipinski definition) is 1. The van der Waals surface area contributed by atoms with Gasteiger partial charge in [-0.05, 0) is 80.6 Å². The van der Waals surface area contributed by atoms with Crippen LogP contribution in [0.3, 0.4) is 0 Å². The highest BCUT2D eigenvalue weighted by Gasteiger charge is 2.41. The van der Waals surface area contributed by atoms with E-state index in [9.17, 15) is 9.50 Å². The van der Waals surface area contributed by atoms with Gasteiger partial charge in [-0.25, -0.2) is 4.39 Å². The Morgan fingerprint density at radius 3 is 2.48 bits per heavy atom. The van der Waals surface area contributed by atoms with Gasteiger partial charge >= 0.3 is 0 Å². The van der Waals surface area contributed by atoms with Gasteiger partial charge in [0, 0.05) is 5.92 Å². The van der Waals surface area contributed by atoms with Gasteiger partial charge in [0.15, 0.2) is 0 Å². The van der Waals surface area contributed by atoms with E-state index in [1.807, 2.05) is 18.2 Å². The normalized spacial score (nSPS) is 22.5. The number of nitrogens with zero attached hydrogens (tertiary/aromatic N) is 1. The highest BCUT2D eigenvalue weighted by Crippen LogP contribution is 2.47. The molecule has 0 saturated heterocycles. The molecule has 2 aromatic carbocycles. The molecule has 1 aliphatic carbocycles. The predicted molar refractivity (Wildman–Crippen MR) is 109 cm³/mol. The topological polar surface area (TPSA) is 23.5 Å². The van der Waals surface area contributed by atoms with Crippen molar-refractivity contribution < 1.29 is 9.50 Å². The van der Waals surface area contributed by atoms with Crippen molar-refractivity contribution in [3.05, 3.63) is 71.0 Å². The zero-order valence-corrected chi connectivity index (χ0v) is 16.6. The summed E-state index contributed by atoms with van der Waals surface area (Å²) in [6, 6.07) is 15.1. The van der Waals surface area contributed by atoms with Crippen molar-refractivity contribution in [2.45, 2.75) is 57.5 Å². The summed E-state index contributed by atoms with van der Waals surface area (Å²) in [5, 5.41) is 12.0. The first kappa shape index (κ1) is 20.0. The predicted octanol–water partition coefficient (Wildman–Crippen LogP) is 5.26. The number of fused-ring (bicyclic) bond motifs is 1. The van der Waals surface area contributed by atoms with Gasteiger partial charge in [-0.15, -0.1) is 0 Å². The molecule has 0 bridgehead atoms. The largest absolute Gasteiger partial charge is 0.385 e. The van der Waals surface area contributed by atoms with Crippen molar-refractivity contribution in [2.24, 2.45) is 0 Å². The molecule has 0 spiro atoms. The van der Waals surface area contributed by atoms with Crippen LogP contribution in [0.4, 0.5) is 4.39 Å². The smallest absolute Gasteiger partial charge is 0.123 e. The maximum absolute atomic E-state index is 13.5. The Hall–Kier alpha value is -1.71. The maximum atomic E-state index is 13.5. The molecule has 0 unspecified atom stereocenters. The molecule has 2 atom stereocenters. The fourth-order valence-electron chi connectivity index (χ4n) is 4.64. The van der Waals surface area contributed by atoms with Crippen molar-refractivity contribution >= 4 is 0 Å². The second-order valence-electron chi connectivity index (χ2n) is 7.71. The molecule has 3 heteroatoms. The van der Waals surface area contributed by atoms with Gasteiger partial charge in [-0.1, -0.05) is 50.2 Å². The van der Waals surface area contributed by atoms with E-state index in [0.717, 1.165) is 62.9 Å². The van der Waals surface area contributed by atoms with Crippen LogP contribution in [0, 0.1) is 5.82 Å². The molecule has 0 aliphatic heterocycles. The minimum atomic E-state index is -0.905. The number of aliphatic hydroxyl groups is 1.